The van der Waals surface area contributed by atoms with Crippen molar-refractivity contribution in [1.29, 1.82) is 0 Å². The topological polar surface area (TPSA) is 67.2 Å². The second-order valence-corrected chi connectivity index (χ2v) is 4.74. The van der Waals surface area contributed by atoms with Crippen molar-refractivity contribution in [1.82, 2.24) is 9.78 Å². The van der Waals surface area contributed by atoms with Gasteiger partial charge in [0.2, 0.25) is 0 Å². The summed E-state index contributed by atoms with van der Waals surface area (Å²) < 4.78 is 1.58. The number of rotatable bonds is 3. The molecule has 21 heavy (non-hydrogen) atoms. The highest BCUT2D eigenvalue weighted by Crippen LogP contribution is 2.29. The van der Waals surface area contributed by atoms with Crippen molar-refractivity contribution < 1.29 is 9.90 Å². The van der Waals surface area contributed by atoms with Gasteiger partial charge in [0.25, 0.3) is 0 Å². The second-order valence-electron chi connectivity index (χ2n) is 4.47. The average molecular weight is 302 g/mol. The number of halogens is 1. The molecule has 5 nitrogen and oxygen atoms in total. The predicted octanol–water partition coefficient (Wildman–Crippen LogP) is 3.85. The average Bonchev–Trinajstić information content (AvgIpc) is 2.86. The molecule has 0 bridgehead atoms. The summed E-state index contributed by atoms with van der Waals surface area (Å²) in [5.74, 6) is 0.728. The Balaban J connectivity index is 2.30. The minimum absolute atomic E-state index is 0.315. The van der Waals surface area contributed by atoms with Crippen molar-refractivity contribution in [3.8, 4) is 5.69 Å². The van der Waals surface area contributed by atoms with Crippen LogP contribution in [0.3, 0.4) is 0 Å². The number of hydrogen-bond donors (Lipinski definition) is 2. The molecular weight excluding hydrogens is 290 g/mol. The molecule has 2 N–H and O–H groups in total. The monoisotopic (exact) mass is 301 g/mol. The van der Waals surface area contributed by atoms with Gasteiger partial charge < -0.3 is 5.11 Å². The first-order valence-corrected chi connectivity index (χ1v) is 6.86. The van der Waals surface area contributed by atoms with E-state index in [0.717, 1.165) is 16.6 Å². The molecule has 0 spiro atoms. The summed E-state index contributed by atoms with van der Waals surface area (Å²) in [6.45, 7) is 0. The van der Waals surface area contributed by atoms with E-state index in [1.54, 1.807) is 4.68 Å². The molecule has 106 valence electrons. The van der Waals surface area contributed by atoms with Gasteiger partial charge in [0.15, 0.2) is 0 Å². The molecule has 1 amide bonds. The normalized spacial score (nSPS) is 10.7. The Hall–Kier alpha value is -2.53. The Bertz CT molecular complexity index is 799. The first kappa shape index (κ1) is 13.5. The van der Waals surface area contributed by atoms with Crippen LogP contribution in [0.1, 0.15) is 5.56 Å². The minimum atomic E-state index is -1.13. The summed E-state index contributed by atoms with van der Waals surface area (Å²) in [4.78, 5) is 11.1. The fraction of sp³-hybridized carbons (Fsp3) is 0.0667. The molecule has 3 rings (SSSR count). The van der Waals surface area contributed by atoms with Crippen LogP contribution in [0.15, 0.2) is 48.5 Å². The van der Waals surface area contributed by atoms with Gasteiger partial charge >= 0.3 is 6.09 Å². The fourth-order valence-electron chi connectivity index (χ4n) is 2.25. The molecule has 0 atom stereocenters. The number of aromatic nitrogens is 2. The zero-order valence-corrected chi connectivity index (χ0v) is 11.7. The molecule has 1 aromatic heterocycles. The Morgan fingerprint density at radius 1 is 1.19 bits per heavy atom. The lowest BCUT2D eigenvalue weighted by atomic mass is 10.1. The van der Waals surface area contributed by atoms with E-state index in [-0.39, 0.29) is 0 Å². The van der Waals surface area contributed by atoms with E-state index in [0.29, 0.717) is 17.2 Å². The van der Waals surface area contributed by atoms with Gasteiger partial charge in [0.05, 0.1) is 11.2 Å². The van der Waals surface area contributed by atoms with Gasteiger partial charge in [0.1, 0.15) is 5.82 Å². The standard InChI is InChI=1S/C15H12ClN3O2/c16-9-10-5-4-8-12-13(10)18-19(14(12)17-15(20)21)11-6-2-1-3-7-11/h1-8,17H,9H2,(H,20,21). The number of carbonyl (C=O) groups is 1. The third-order valence-corrected chi connectivity index (χ3v) is 3.44. The molecule has 2 aromatic carbocycles. The molecule has 0 saturated heterocycles. The van der Waals surface area contributed by atoms with Crippen LogP contribution in [0.25, 0.3) is 16.6 Å². The van der Waals surface area contributed by atoms with E-state index in [2.05, 4.69) is 10.4 Å². The van der Waals surface area contributed by atoms with Gasteiger partial charge in [-0.3, -0.25) is 5.32 Å². The van der Waals surface area contributed by atoms with E-state index in [9.17, 15) is 4.79 Å². The molecule has 0 unspecified atom stereocenters. The lowest BCUT2D eigenvalue weighted by molar-refractivity contribution is 0.209. The maximum atomic E-state index is 11.1. The molecule has 0 radical (unpaired) electrons. The highest BCUT2D eigenvalue weighted by Gasteiger charge is 2.16. The van der Waals surface area contributed by atoms with E-state index >= 15 is 0 Å². The van der Waals surface area contributed by atoms with Gasteiger partial charge in [-0.15, -0.1) is 11.6 Å². The van der Waals surface area contributed by atoms with E-state index in [1.165, 1.54) is 0 Å². The Labute approximate surface area is 125 Å². The molecule has 6 heteroatoms. The first-order chi connectivity index (χ1) is 10.2. The van der Waals surface area contributed by atoms with Crippen molar-refractivity contribution >= 4 is 34.4 Å². The van der Waals surface area contributed by atoms with Gasteiger partial charge in [0, 0.05) is 11.3 Å². The Morgan fingerprint density at radius 3 is 2.62 bits per heavy atom. The van der Waals surface area contributed by atoms with Crippen molar-refractivity contribution in [2.24, 2.45) is 0 Å². The number of benzene rings is 2. The summed E-state index contributed by atoms with van der Waals surface area (Å²) in [6, 6.07) is 14.9. The van der Waals surface area contributed by atoms with Crippen LogP contribution < -0.4 is 5.32 Å². The lowest BCUT2D eigenvalue weighted by Gasteiger charge is -2.06. The quantitative estimate of drug-likeness (QED) is 0.722. The summed E-state index contributed by atoms with van der Waals surface area (Å²) in [5, 5.41) is 16.7. The van der Waals surface area contributed by atoms with E-state index < -0.39 is 6.09 Å². The van der Waals surface area contributed by atoms with Crippen LogP contribution in [0, 0.1) is 0 Å². The molecule has 0 aliphatic rings. The van der Waals surface area contributed by atoms with Gasteiger partial charge in [-0.25, -0.2) is 9.48 Å². The van der Waals surface area contributed by atoms with Crippen LogP contribution in [0.5, 0.6) is 0 Å². The van der Waals surface area contributed by atoms with Gasteiger partial charge in [-0.2, -0.15) is 5.10 Å². The lowest BCUT2D eigenvalue weighted by Crippen LogP contribution is -2.12. The molecular formula is C15H12ClN3O2. The minimum Gasteiger partial charge on any atom is -0.465 e. The smallest absolute Gasteiger partial charge is 0.410 e. The molecule has 0 fully saturated rings. The van der Waals surface area contributed by atoms with Crippen LogP contribution in [0.2, 0.25) is 0 Å². The fourth-order valence-corrected chi connectivity index (χ4v) is 2.47. The van der Waals surface area contributed by atoms with Crippen molar-refractivity contribution in [2.75, 3.05) is 5.32 Å². The molecule has 0 aliphatic heterocycles. The van der Waals surface area contributed by atoms with Gasteiger partial charge in [-0.1, -0.05) is 30.3 Å². The first-order valence-electron chi connectivity index (χ1n) is 6.32. The Kier molecular flexibility index (Phi) is 3.50. The molecule has 0 saturated carbocycles. The van der Waals surface area contributed by atoms with Crippen molar-refractivity contribution in [2.45, 2.75) is 5.88 Å². The summed E-state index contributed by atoms with van der Waals surface area (Å²) >= 11 is 5.93. The van der Waals surface area contributed by atoms with Crippen molar-refractivity contribution in [3.63, 3.8) is 0 Å². The SMILES string of the molecule is O=C(O)Nc1c2cccc(CCl)c2nn1-c1ccccc1. The Morgan fingerprint density at radius 2 is 1.95 bits per heavy atom. The molecule has 0 aliphatic carbocycles. The summed E-state index contributed by atoms with van der Waals surface area (Å²) in [7, 11) is 0. The third kappa shape index (κ3) is 2.43. The number of nitrogens with one attached hydrogen (secondary N) is 1. The number of nitrogens with zero attached hydrogens (tertiary/aromatic N) is 2. The number of anilines is 1. The van der Waals surface area contributed by atoms with E-state index in [4.69, 9.17) is 16.7 Å². The predicted molar refractivity (Wildman–Crippen MR) is 82.3 cm³/mol. The summed E-state index contributed by atoms with van der Waals surface area (Å²) in [6.07, 6.45) is -1.13. The van der Waals surface area contributed by atoms with Crippen LogP contribution >= 0.6 is 11.6 Å². The highest BCUT2D eigenvalue weighted by atomic mass is 35.5. The van der Waals surface area contributed by atoms with Crippen LogP contribution in [0.4, 0.5) is 10.6 Å². The van der Waals surface area contributed by atoms with Gasteiger partial charge in [-0.05, 0) is 23.8 Å². The van der Waals surface area contributed by atoms with E-state index in [1.807, 2.05) is 48.5 Å². The number of para-hydroxylation sites is 1. The number of hydrogen-bond acceptors (Lipinski definition) is 2. The highest BCUT2D eigenvalue weighted by molar-refractivity contribution is 6.18. The third-order valence-electron chi connectivity index (χ3n) is 3.16. The number of carboxylic acid groups (broad SMARTS) is 1. The maximum absolute atomic E-state index is 11.1. The molecule has 3 aromatic rings. The molecule has 1 heterocycles. The number of alkyl halides is 1. The second kappa shape index (κ2) is 5.46. The number of fused-ring (bicyclic) bond motifs is 1. The number of amides is 1. The van der Waals surface area contributed by atoms with Crippen LogP contribution in [-0.2, 0) is 5.88 Å². The summed E-state index contributed by atoms with van der Waals surface area (Å²) in [5.41, 5.74) is 2.33. The van der Waals surface area contributed by atoms with Crippen molar-refractivity contribution in [3.05, 3.63) is 54.1 Å². The zero-order chi connectivity index (χ0) is 14.8. The largest absolute Gasteiger partial charge is 0.465 e. The zero-order valence-electron chi connectivity index (χ0n) is 11.0. The maximum Gasteiger partial charge on any atom is 0.410 e. The van der Waals surface area contributed by atoms with Crippen LogP contribution in [-0.4, -0.2) is 21.0 Å².